The SMILES string of the molecule is COc1cc(CCC(=O)NC(C)C(N)=O)cc(OC)c1. The van der Waals surface area contributed by atoms with Gasteiger partial charge in [-0.1, -0.05) is 0 Å². The zero-order valence-electron chi connectivity index (χ0n) is 11.9. The van der Waals surface area contributed by atoms with Crippen LogP contribution in [0.5, 0.6) is 11.5 Å². The lowest BCUT2D eigenvalue weighted by atomic mass is 10.1. The number of amides is 2. The molecular weight excluding hydrogens is 260 g/mol. The average molecular weight is 280 g/mol. The molecule has 0 radical (unpaired) electrons. The van der Waals surface area contributed by atoms with Crippen LogP contribution in [0, 0.1) is 0 Å². The lowest BCUT2D eigenvalue weighted by molar-refractivity contribution is -0.126. The second-order valence-electron chi connectivity index (χ2n) is 4.41. The predicted octanol–water partition coefficient (Wildman–Crippen LogP) is 0.626. The third kappa shape index (κ3) is 4.79. The number of carbonyl (C=O) groups excluding carboxylic acids is 2. The number of methoxy groups -OCH3 is 2. The largest absolute Gasteiger partial charge is 0.497 e. The molecule has 0 spiro atoms. The topological polar surface area (TPSA) is 90.6 Å². The number of hydrogen-bond acceptors (Lipinski definition) is 4. The molecule has 1 aromatic carbocycles. The van der Waals surface area contributed by atoms with Crippen LogP contribution in [0.1, 0.15) is 18.9 Å². The highest BCUT2D eigenvalue weighted by molar-refractivity contribution is 5.86. The molecule has 6 heteroatoms. The predicted molar refractivity (Wildman–Crippen MR) is 74.7 cm³/mol. The van der Waals surface area contributed by atoms with Gasteiger partial charge in [-0.15, -0.1) is 0 Å². The average Bonchev–Trinajstić information content (AvgIpc) is 2.44. The highest BCUT2D eigenvalue weighted by Gasteiger charge is 2.12. The molecular formula is C14H20N2O4. The van der Waals surface area contributed by atoms with E-state index in [1.807, 2.05) is 12.1 Å². The van der Waals surface area contributed by atoms with E-state index in [0.29, 0.717) is 17.9 Å². The minimum absolute atomic E-state index is 0.224. The van der Waals surface area contributed by atoms with Crippen LogP contribution in [0.2, 0.25) is 0 Å². The molecule has 0 aromatic heterocycles. The summed E-state index contributed by atoms with van der Waals surface area (Å²) in [5.41, 5.74) is 6.00. The second-order valence-corrected chi connectivity index (χ2v) is 4.41. The van der Waals surface area contributed by atoms with Gasteiger partial charge in [0.2, 0.25) is 11.8 Å². The maximum absolute atomic E-state index is 11.7. The lowest BCUT2D eigenvalue weighted by Gasteiger charge is -2.11. The quantitative estimate of drug-likeness (QED) is 0.766. The Kier molecular flexibility index (Phi) is 5.83. The van der Waals surface area contributed by atoms with Gasteiger partial charge >= 0.3 is 0 Å². The van der Waals surface area contributed by atoms with Crippen molar-refractivity contribution in [1.29, 1.82) is 0 Å². The maximum Gasteiger partial charge on any atom is 0.239 e. The number of carbonyl (C=O) groups is 2. The van der Waals surface area contributed by atoms with Gasteiger partial charge in [-0.3, -0.25) is 9.59 Å². The number of nitrogens with two attached hydrogens (primary N) is 1. The fourth-order valence-corrected chi connectivity index (χ4v) is 1.65. The van der Waals surface area contributed by atoms with Gasteiger partial charge in [0, 0.05) is 12.5 Å². The number of aryl methyl sites for hydroxylation is 1. The van der Waals surface area contributed by atoms with Gasteiger partial charge in [0.1, 0.15) is 17.5 Å². The van der Waals surface area contributed by atoms with Crippen LogP contribution in [0.4, 0.5) is 0 Å². The fraction of sp³-hybridized carbons (Fsp3) is 0.429. The number of nitrogens with one attached hydrogen (secondary N) is 1. The van der Waals surface area contributed by atoms with Crippen LogP contribution in [0.3, 0.4) is 0 Å². The number of primary amides is 1. The van der Waals surface area contributed by atoms with Crippen molar-refractivity contribution in [3.8, 4) is 11.5 Å². The number of benzene rings is 1. The Hall–Kier alpha value is -2.24. The van der Waals surface area contributed by atoms with Gasteiger partial charge in [0.05, 0.1) is 14.2 Å². The van der Waals surface area contributed by atoms with E-state index in [1.54, 1.807) is 27.2 Å². The Labute approximate surface area is 118 Å². The van der Waals surface area contributed by atoms with Crippen molar-refractivity contribution in [3.63, 3.8) is 0 Å². The summed E-state index contributed by atoms with van der Waals surface area (Å²) in [7, 11) is 3.14. The van der Waals surface area contributed by atoms with E-state index in [4.69, 9.17) is 15.2 Å². The van der Waals surface area contributed by atoms with Crippen LogP contribution < -0.4 is 20.5 Å². The van der Waals surface area contributed by atoms with Crippen LogP contribution >= 0.6 is 0 Å². The Morgan fingerprint density at radius 3 is 2.20 bits per heavy atom. The van der Waals surface area contributed by atoms with E-state index in [-0.39, 0.29) is 12.3 Å². The first-order valence-electron chi connectivity index (χ1n) is 6.27. The van der Waals surface area contributed by atoms with Gasteiger partial charge < -0.3 is 20.5 Å². The molecule has 20 heavy (non-hydrogen) atoms. The molecule has 0 saturated carbocycles. The van der Waals surface area contributed by atoms with Crippen LogP contribution in [-0.2, 0) is 16.0 Å². The molecule has 0 heterocycles. The fourth-order valence-electron chi connectivity index (χ4n) is 1.65. The Bertz CT molecular complexity index is 466. The third-order valence-electron chi connectivity index (χ3n) is 2.86. The van der Waals surface area contributed by atoms with Crippen molar-refractivity contribution in [1.82, 2.24) is 5.32 Å². The summed E-state index contributed by atoms with van der Waals surface area (Å²) in [6.45, 7) is 1.55. The van der Waals surface area contributed by atoms with Crippen LogP contribution in [-0.4, -0.2) is 32.1 Å². The van der Waals surface area contributed by atoms with E-state index in [0.717, 1.165) is 5.56 Å². The van der Waals surface area contributed by atoms with E-state index in [2.05, 4.69) is 5.32 Å². The highest BCUT2D eigenvalue weighted by atomic mass is 16.5. The van der Waals surface area contributed by atoms with Crippen molar-refractivity contribution in [2.24, 2.45) is 5.73 Å². The molecule has 6 nitrogen and oxygen atoms in total. The van der Waals surface area contributed by atoms with E-state index in [1.165, 1.54) is 0 Å². The Morgan fingerprint density at radius 2 is 1.75 bits per heavy atom. The molecule has 1 rings (SSSR count). The first-order chi connectivity index (χ1) is 9.46. The normalized spacial score (nSPS) is 11.6. The van der Waals surface area contributed by atoms with Gasteiger partial charge in [-0.05, 0) is 31.0 Å². The van der Waals surface area contributed by atoms with Gasteiger partial charge in [0.15, 0.2) is 0 Å². The number of rotatable bonds is 7. The van der Waals surface area contributed by atoms with Gasteiger partial charge in [-0.2, -0.15) is 0 Å². The summed E-state index contributed by atoms with van der Waals surface area (Å²) in [6.07, 6.45) is 0.777. The molecule has 0 aliphatic rings. The minimum Gasteiger partial charge on any atom is -0.497 e. The lowest BCUT2D eigenvalue weighted by Crippen LogP contribution is -2.42. The summed E-state index contributed by atoms with van der Waals surface area (Å²) in [4.78, 5) is 22.5. The summed E-state index contributed by atoms with van der Waals surface area (Å²) in [6, 6.07) is 4.78. The Balaban J connectivity index is 2.60. The highest BCUT2D eigenvalue weighted by Crippen LogP contribution is 2.23. The molecule has 110 valence electrons. The van der Waals surface area contributed by atoms with Crippen molar-refractivity contribution in [2.45, 2.75) is 25.8 Å². The molecule has 0 aliphatic carbocycles. The second kappa shape index (κ2) is 7.37. The van der Waals surface area contributed by atoms with Gasteiger partial charge in [0.25, 0.3) is 0 Å². The molecule has 0 bridgehead atoms. The molecule has 0 aliphatic heterocycles. The number of hydrogen-bond donors (Lipinski definition) is 2. The van der Waals surface area contributed by atoms with Crippen molar-refractivity contribution in [2.75, 3.05) is 14.2 Å². The zero-order chi connectivity index (χ0) is 15.1. The first-order valence-corrected chi connectivity index (χ1v) is 6.27. The van der Waals surface area contributed by atoms with E-state index < -0.39 is 11.9 Å². The van der Waals surface area contributed by atoms with E-state index in [9.17, 15) is 9.59 Å². The maximum atomic E-state index is 11.7. The molecule has 0 saturated heterocycles. The monoisotopic (exact) mass is 280 g/mol. The van der Waals surface area contributed by atoms with Gasteiger partial charge in [-0.25, -0.2) is 0 Å². The van der Waals surface area contributed by atoms with Crippen molar-refractivity contribution >= 4 is 11.8 Å². The van der Waals surface area contributed by atoms with Crippen LogP contribution in [0.25, 0.3) is 0 Å². The smallest absolute Gasteiger partial charge is 0.239 e. The zero-order valence-corrected chi connectivity index (χ0v) is 11.9. The summed E-state index contributed by atoms with van der Waals surface area (Å²) in [5.74, 6) is 0.565. The van der Waals surface area contributed by atoms with Crippen LogP contribution in [0.15, 0.2) is 18.2 Å². The molecule has 1 aromatic rings. The minimum atomic E-state index is -0.664. The Morgan fingerprint density at radius 1 is 1.20 bits per heavy atom. The van der Waals surface area contributed by atoms with Crippen molar-refractivity contribution < 1.29 is 19.1 Å². The molecule has 1 unspecified atom stereocenters. The summed E-state index contributed by atoms with van der Waals surface area (Å²) < 4.78 is 10.3. The van der Waals surface area contributed by atoms with Crippen molar-refractivity contribution in [3.05, 3.63) is 23.8 Å². The molecule has 2 amide bonds. The third-order valence-corrected chi connectivity index (χ3v) is 2.86. The molecule has 3 N–H and O–H groups in total. The molecule has 1 atom stereocenters. The summed E-state index contributed by atoms with van der Waals surface area (Å²) >= 11 is 0. The standard InChI is InChI=1S/C14H20N2O4/c1-9(14(15)18)16-13(17)5-4-10-6-11(19-2)8-12(7-10)20-3/h6-9H,4-5H2,1-3H3,(H2,15,18)(H,16,17). The number of ether oxygens (including phenoxy) is 2. The van der Waals surface area contributed by atoms with E-state index >= 15 is 0 Å². The summed E-state index contributed by atoms with van der Waals surface area (Å²) in [5, 5.41) is 2.53. The molecule has 0 fully saturated rings. The first kappa shape index (κ1) is 15.8.